The van der Waals surface area contributed by atoms with E-state index in [-0.39, 0.29) is 34.2 Å². The Labute approximate surface area is 157 Å². The lowest BCUT2D eigenvalue weighted by atomic mass is 9.88. The van der Waals surface area contributed by atoms with Crippen molar-refractivity contribution in [1.29, 1.82) is 0 Å². The van der Waals surface area contributed by atoms with Crippen LogP contribution in [0.1, 0.15) is 12.7 Å². The molecule has 4 rings (SSSR count). The molecule has 0 spiro atoms. The summed E-state index contributed by atoms with van der Waals surface area (Å²) in [7, 11) is 0. The van der Waals surface area contributed by atoms with Gasteiger partial charge in [0, 0.05) is 17.7 Å². The third-order valence-electron chi connectivity index (χ3n) is 4.66. The number of nitrogens with one attached hydrogen (secondary N) is 1. The Kier molecular flexibility index (Phi) is 4.07. The Hall–Kier alpha value is -3.40. The molecular weight excluding hydrogens is 372 g/mol. The molecule has 0 amide bonds. The molecule has 0 radical (unpaired) electrons. The molecule has 0 bridgehead atoms. The van der Waals surface area contributed by atoms with E-state index in [2.05, 4.69) is 15.0 Å². The molecule has 3 heterocycles. The molecule has 8 nitrogen and oxygen atoms in total. The van der Waals surface area contributed by atoms with E-state index in [1.165, 1.54) is 18.2 Å². The van der Waals surface area contributed by atoms with Crippen molar-refractivity contribution in [3.63, 3.8) is 0 Å². The van der Waals surface area contributed by atoms with Gasteiger partial charge < -0.3 is 15.5 Å². The van der Waals surface area contributed by atoms with Gasteiger partial charge in [0.05, 0.1) is 34.9 Å². The highest BCUT2D eigenvalue weighted by molar-refractivity contribution is 5.78. The molecule has 1 aliphatic rings. The molecule has 0 saturated carbocycles. The first kappa shape index (κ1) is 18.0. The van der Waals surface area contributed by atoms with E-state index in [1.54, 1.807) is 0 Å². The molecule has 0 unspecified atom stereocenters. The van der Waals surface area contributed by atoms with Crippen molar-refractivity contribution in [2.45, 2.75) is 12.3 Å². The highest BCUT2D eigenvalue weighted by Crippen LogP contribution is 2.37. The largest absolute Gasteiger partial charge is 0.379 e. The Bertz CT molecular complexity index is 1090. The van der Waals surface area contributed by atoms with Crippen LogP contribution in [0.5, 0.6) is 0 Å². The van der Waals surface area contributed by atoms with E-state index in [1.807, 2.05) is 6.92 Å². The fourth-order valence-electron chi connectivity index (χ4n) is 3.03. The lowest BCUT2D eigenvalue weighted by Crippen LogP contribution is -2.44. The minimum atomic E-state index is -0.777. The minimum Gasteiger partial charge on any atom is -0.379 e. The summed E-state index contributed by atoms with van der Waals surface area (Å²) in [6, 6.07) is 5.80. The van der Waals surface area contributed by atoms with Crippen LogP contribution in [-0.4, -0.2) is 33.1 Å². The van der Waals surface area contributed by atoms with Crippen molar-refractivity contribution in [1.82, 2.24) is 15.0 Å². The third kappa shape index (κ3) is 2.87. The maximum atomic E-state index is 14.4. The fourth-order valence-corrected chi connectivity index (χ4v) is 3.03. The van der Waals surface area contributed by atoms with Gasteiger partial charge in [0.25, 0.3) is 0 Å². The molecule has 0 aliphatic carbocycles. The number of rotatable bonds is 4. The van der Waals surface area contributed by atoms with E-state index < -0.39 is 22.0 Å². The number of halogens is 2. The first-order chi connectivity index (χ1) is 13.3. The monoisotopic (exact) mass is 387 g/mol. The predicted molar refractivity (Wildman–Crippen MR) is 96.4 cm³/mol. The smallest absolute Gasteiger partial charge is 0.311 e. The molecule has 3 N–H and O–H groups in total. The van der Waals surface area contributed by atoms with Gasteiger partial charge >= 0.3 is 5.69 Å². The molecule has 1 fully saturated rings. The lowest BCUT2D eigenvalue weighted by Gasteiger charge is -2.36. The maximum Gasteiger partial charge on any atom is 0.311 e. The lowest BCUT2D eigenvalue weighted by molar-refractivity contribution is -0.384. The molecule has 144 valence electrons. The number of pyridine rings is 1. The van der Waals surface area contributed by atoms with Crippen LogP contribution in [0.25, 0.3) is 22.6 Å². The van der Waals surface area contributed by atoms with Gasteiger partial charge in [0.15, 0.2) is 0 Å². The number of nitro groups is 1. The Balaban J connectivity index is 1.90. The van der Waals surface area contributed by atoms with Crippen molar-refractivity contribution < 1.29 is 18.4 Å². The molecule has 1 aromatic carbocycles. The number of nitrogens with two attached hydrogens (primary N) is 1. The number of nitrogen functional groups attached to an aromatic ring is 1. The van der Waals surface area contributed by atoms with Crippen LogP contribution in [0.3, 0.4) is 0 Å². The van der Waals surface area contributed by atoms with E-state index in [0.29, 0.717) is 19.0 Å². The van der Waals surface area contributed by atoms with Crippen LogP contribution in [0.2, 0.25) is 0 Å². The van der Waals surface area contributed by atoms with Gasteiger partial charge in [-0.1, -0.05) is 0 Å². The number of anilines is 1. The standard InChI is InChI=1S/C18H15F2N5O3/c1-18(7-28-8-18)17-23-14(10-3-2-9(19)6-11(10)20)15(24-17)12-4-5-13(25(26)27)16(21)22-12/h2-6H,7-8H2,1H3,(H2,21,22)(H,23,24). The summed E-state index contributed by atoms with van der Waals surface area (Å²) in [6.45, 7) is 2.80. The zero-order valence-electron chi connectivity index (χ0n) is 14.7. The summed E-state index contributed by atoms with van der Waals surface area (Å²) in [5.74, 6) is -1.22. The van der Waals surface area contributed by atoms with Gasteiger partial charge in [-0.2, -0.15) is 0 Å². The van der Waals surface area contributed by atoms with Crippen LogP contribution >= 0.6 is 0 Å². The Morgan fingerprint density at radius 3 is 2.57 bits per heavy atom. The van der Waals surface area contributed by atoms with Gasteiger partial charge in [-0.25, -0.2) is 18.7 Å². The highest BCUT2D eigenvalue weighted by Gasteiger charge is 2.39. The maximum absolute atomic E-state index is 14.4. The molecule has 2 aromatic heterocycles. The summed E-state index contributed by atoms with van der Waals surface area (Å²) in [6.07, 6.45) is 0. The number of aromatic nitrogens is 3. The molecular formula is C18H15F2N5O3. The van der Waals surface area contributed by atoms with Gasteiger partial charge in [0.2, 0.25) is 5.82 Å². The number of hydrogen-bond acceptors (Lipinski definition) is 6. The summed E-state index contributed by atoms with van der Waals surface area (Å²) in [5, 5.41) is 11.0. The summed E-state index contributed by atoms with van der Waals surface area (Å²) in [4.78, 5) is 22.0. The van der Waals surface area contributed by atoms with Gasteiger partial charge in [-0.05, 0) is 25.1 Å². The fraction of sp³-hybridized carbons (Fsp3) is 0.222. The van der Waals surface area contributed by atoms with Crippen LogP contribution in [0.15, 0.2) is 30.3 Å². The first-order valence-electron chi connectivity index (χ1n) is 8.33. The number of ether oxygens (including phenoxy) is 1. The number of imidazole rings is 1. The van der Waals surface area contributed by atoms with Gasteiger partial charge in [0.1, 0.15) is 23.2 Å². The third-order valence-corrected chi connectivity index (χ3v) is 4.66. The average molecular weight is 387 g/mol. The van der Waals surface area contributed by atoms with E-state index >= 15 is 0 Å². The number of aromatic amines is 1. The topological polar surface area (TPSA) is 120 Å². The van der Waals surface area contributed by atoms with E-state index in [0.717, 1.165) is 12.1 Å². The Morgan fingerprint density at radius 1 is 1.25 bits per heavy atom. The molecule has 1 aliphatic heterocycles. The molecule has 28 heavy (non-hydrogen) atoms. The number of H-pyrrole nitrogens is 1. The normalized spacial score (nSPS) is 15.2. The molecule has 3 aromatic rings. The SMILES string of the molecule is CC1(c2nc(-c3ccc([N+](=O)[O-])c(N)n3)c(-c3ccc(F)cc3F)[nH]2)COC1. The predicted octanol–water partition coefficient (Wildman–Crippen LogP) is 3.20. The van der Waals surface area contributed by atoms with Crippen molar-refractivity contribution >= 4 is 11.5 Å². The van der Waals surface area contributed by atoms with Crippen molar-refractivity contribution in [2.24, 2.45) is 0 Å². The second-order valence-electron chi connectivity index (χ2n) is 6.84. The van der Waals surface area contributed by atoms with Crippen molar-refractivity contribution in [2.75, 3.05) is 18.9 Å². The first-order valence-corrected chi connectivity index (χ1v) is 8.33. The Morgan fingerprint density at radius 2 is 2.00 bits per heavy atom. The summed E-state index contributed by atoms with van der Waals surface area (Å²) < 4.78 is 33.0. The zero-order valence-corrected chi connectivity index (χ0v) is 14.7. The van der Waals surface area contributed by atoms with Crippen LogP contribution < -0.4 is 5.73 Å². The molecule has 10 heteroatoms. The highest BCUT2D eigenvalue weighted by atomic mass is 19.1. The van der Waals surface area contributed by atoms with Crippen molar-refractivity contribution in [3.8, 4) is 22.6 Å². The summed E-state index contributed by atoms with van der Waals surface area (Å²) >= 11 is 0. The minimum absolute atomic E-state index is 0.0951. The second kappa shape index (κ2) is 6.34. The van der Waals surface area contributed by atoms with Crippen LogP contribution in [0.4, 0.5) is 20.3 Å². The van der Waals surface area contributed by atoms with Crippen LogP contribution in [0, 0.1) is 21.7 Å². The van der Waals surface area contributed by atoms with E-state index in [4.69, 9.17) is 10.5 Å². The second-order valence-corrected chi connectivity index (χ2v) is 6.84. The average Bonchev–Trinajstić information content (AvgIpc) is 3.04. The van der Waals surface area contributed by atoms with Gasteiger partial charge in [-0.3, -0.25) is 10.1 Å². The molecule has 1 saturated heterocycles. The van der Waals surface area contributed by atoms with E-state index in [9.17, 15) is 18.9 Å². The van der Waals surface area contributed by atoms with Crippen LogP contribution in [-0.2, 0) is 10.2 Å². The quantitative estimate of drug-likeness (QED) is 0.524. The number of benzene rings is 1. The number of hydrogen-bond donors (Lipinski definition) is 2. The summed E-state index contributed by atoms with van der Waals surface area (Å²) in [5.41, 5.74) is 5.82. The molecule has 0 atom stereocenters. The number of nitrogens with zero attached hydrogens (tertiary/aromatic N) is 3. The zero-order chi connectivity index (χ0) is 20.1. The van der Waals surface area contributed by atoms with Gasteiger partial charge in [-0.15, -0.1) is 0 Å². The van der Waals surface area contributed by atoms with Crippen molar-refractivity contribution in [3.05, 3.63) is 57.9 Å².